The molecule has 1 aliphatic rings. The highest BCUT2D eigenvalue weighted by Gasteiger charge is 2.25. The van der Waals surface area contributed by atoms with Crippen LogP contribution in [0.2, 0.25) is 5.02 Å². The molecular formula is C17H25ClN2O3. The van der Waals surface area contributed by atoms with Crippen LogP contribution in [0.1, 0.15) is 30.9 Å². The van der Waals surface area contributed by atoms with Crippen LogP contribution >= 0.6 is 11.6 Å². The average Bonchev–Trinajstić information content (AvgIpc) is 2.58. The van der Waals surface area contributed by atoms with Crippen LogP contribution in [0, 0.1) is 0 Å². The molecule has 23 heavy (non-hydrogen) atoms. The average molecular weight is 341 g/mol. The highest BCUT2D eigenvalue weighted by molar-refractivity contribution is 6.30. The fourth-order valence-corrected chi connectivity index (χ4v) is 2.69. The highest BCUT2D eigenvalue weighted by Crippen LogP contribution is 2.23. The summed E-state index contributed by atoms with van der Waals surface area (Å²) in [6.45, 7) is 3.22. The van der Waals surface area contributed by atoms with Crippen molar-refractivity contribution in [3.8, 4) is 0 Å². The van der Waals surface area contributed by atoms with E-state index in [1.807, 2.05) is 29.2 Å². The van der Waals surface area contributed by atoms with E-state index in [4.69, 9.17) is 21.1 Å². The van der Waals surface area contributed by atoms with Crippen molar-refractivity contribution in [2.24, 2.45) is 0 Å². The standard InChI is InChI=1S/C17H25ClN2O3/c1-22-11-4-2-3-9-19-17(21)20-10-12-23-16(13-20)14-5-7-15(18)8-6-14/h5-8,16H,2-4,9-13H2,1H3,(H,19,21). The number of hydrogen-bond acceptors (Lipinski definition) is 3. The van der Waals surface area contributed by atoms with Crippen molar-refractivity contribution in [2.75, 3.05) is 40.0 Å². The Labute approximate surface area is 142 Å². The van der Waals surface area contributed by atoms with Gasteiger partial charge in [-0.1, -0.05) is 23.7 Å². The minimum absolute atomic E-state index is 0.0148. The molecule has 5 nitrogen and oxygen atoms in total. The predicted octanol–water partition coefficient (Wildman–Crippen LogP) is 3.24. The summed E-state index contributed by atoms with van der Waals surface area (Å²) in [5, 5.41) is 3.68. The van der Waals surface area contributed by atoms with Gasteiger partial charge in [0.15, 0.2) is 0 Å². The summed E-state index contributed by atoms with van der Waals surface area (Å²) in [5.74, 6) is 0. The van der Waals surface area contributed by atoms with Crippen LogP contribution in [0.4, 0.5) is 4.79 Å². The number of nitrogens with zero attached hydrogens (tertiary/aromatic N) is 1. The number of nitrogens with one attached hydrogen (secondary N) is 1. The molecule has 1 aromatic rings. The number of carbonyl (C=O) groups excluding carboxylic acids is 1. The van der Waals surface area contributed by atoms with E-state index in [9.17, 15) is 4.79 Å². The lowest BCUT2D eigenvalue weighted by Crippen LogP contribution is -2.47. The number of hydrogen-bond donors (Lipinski definition) is 1. The third-order valence-electron chi connectivity index (χ3n) is 3.90. The monoisotopic (exact) mass is 340 g/mol. The third-order valence-corrected chi connectivity index (χ3v) is 4.15. The van der Waals surface area contributed by atoms with Crippen molar-refractivity contribution in [3.63, 3.8) is 0 Å². The predicted molar refractivity (Wildman–Crippen MR) is 90.8 cm³/mol. The van der Waals surface area contributed by atoms with E-state index < -0.39 is 0 Å². The van der Waals surface area contributed by atoms with Crippen molar-refractivity contribution >= 4 is 17.6 Å². The second-order valence-corrected chi connectivity index (χ2v) is 6.08. The Balaban J connectivity index is 1.74. The molecule has 0 saturated carbocycles. The number of halogens is 1. The maximum absolute atomic E-state index is 12.2. The molecule has 0 spiro atoms. The summed E-state index contributed by atoms with van der Waals surface area (Å²) in [5.41, 5.74) is 1.05. The van der Waals surface area contributed by atoms with Gasteiger partial charge in [-0.3, -0.25) is 0 Å². The number of unbranched alkanes of at least 4 members (excludes halogenated alkanes) is 2. The molecular weight excluding hydrogens is 316 g/mol. The summed E-state index contributed by atoms with van der Waals surface area (Å²) in [6.07, 6.45) is 2.97. The smallest absolute Gasteiger partial charge is 0.317 e. The van der Waals surface area contributed by atoms with Crippen molar-refractivity contribution in [1.82, 2.24) is 10.2 Å². The highest BCUT2D eigenvalue weighted by atomic mass is 35.5. The molecule has 1 N–H and O–H groups in total. The molecule has 0 radical (unpaired) electrons. The molecule has 2 amide bonds. The van der Waals surface area contributed by atoms with E-state index >= 15 is 0 Å². The van der Waals surface area contributed by atoms with Gasteiger partial charge >= 0.3 is 6.03 Å². The Morgan fingerprint density at radius 2 is 2.13 bits per heavy atom. The topological polar surface area (TPSA) is 50.8 Å². The molecule has 128 valence electrons. The molecule has 0 aliphatic carbocycles. The van der Waals surface area contributed by atoms with Crippen LogP contribution in [-0.2, 0) is 9.47 Å². The third kappa shape index (κ3) is 6.01. The maximum Gasteiger partial charge on any atom is 0.317 e. The summed E-state index contributed by atoms with van der Waals surface area (Å²) >= 11 is 5.91. The number of ether oxygens (including phenoxy) is 2. The van der Waals surface area contributed by atoms with Crippen LogP contribution in [-0.4, -0.2) is 50.9 Å². The van der Waals surface area contributed by atoms with Gasteiger partial charge < -0.3 is 19.7 Å². The van der Waals surface area contributed by atoms with Crippen LogP contribution < -0.4 is 5.32 Å². The lowest BCUT2D eigenvalue weighted by molar-refractivity contribution is -0.0154. The summed E-state index contributed by atoms with van der Waals surface area (Å²) in [6, 6.07) is 7.58. The van der Waals surface area contributed by atoms with Gasteiger partial charge in [-0.25, -0.2) is 4.79 Å². The van der Waals surface area contributed by atoms with Crippen LogP contribution in [0.3, 0.4) is 0 Å². The Hall–Kier alpha value is -1.30. The SMILES string of the molecule is COCCCCCNC(=O)N1CCOC(c2ccc(Cl)cc2)C1. The van der Waals surface area contributed by atoms with Crippen LogP contribution in [0.5, 0.6) is 0 Å². The van der Waals surface area contributed by atoms with E-state index in [1.165, 1.54) is 0 Å². The van der Waals surface area contributed by atoms with Crippen molar-refractivity contribution < 1.29 is 14.3 Å². The Bertz CT molecular complexity index is 481. The Morgan fingerprint density at radius 3 is 2.87 bits per heavy atom. The quantitative estimate of drug-likeness (QED) is 0.775. The number of morpholine rings is 1. The van der Waals surface area contributed by atoms with Gasteiger partial charge in [-0.05, 0) is 37.0 Å². The van der Waals surface area contributed by atoms with Gasteiger partial charge in [-0.2, -0.15) is 0 Å². The lowest BCUT2D eigenvalue weighted by atomic mass is 10.1. The summed E-state index contributed by atoms with van der Waals surface area (Å²) in [7, 11) is 1.71. The molecule has 1 aromatic carbocycles. The van der Waals surface area contributed by atoms with Gasteiger partial charge in [0.05, 0.1) is 13.2 Å². The first kappa shape index (κ1) is 18.0. The Kier molecular flexibility index (Phi) is 7.65. The molecule has 1 fully saturated rings. The summed E-state index contributed by atoms with van der Waals surface area (Å²) in [4.78, 5) is 14.0. The first-order valence-electron chi connectivity index (χ1n) is 8.09. The first-order chi connectivity index (χ1) is 11.2. The maximum atomic E-state index is 12.2. The molecule has 1 heterocycles. The van der Waals surface area contributed by atoms with Gasteiger partial charge in [-0.15, -0.1) is 0 Å². The molecule has 1 aliphatic heterocycles. The van der Waals surface area contributed by atoms with Gasteiger partial charge in [0, 0.05) is 31.8 Å². The molecule has 0 aromatic heterocycles. The molecule has 1 atom stereocenters. The van der Waals surface area contributed by atoms with Crippen molar-refractivity contribution in [2.45, 2.75) is 25.4 Å². The van der Waals surface area contributed by atoms with Crippen molar-refractivity contribution in [1.29, 1.82) is 0 Å². The van der Waals surface area contributed by atoms with E-state index in [0.29, 0.717) is 31.3 Å². The zero-order valence-electron chi connectivity index (χ0n) is 13.6. The van der Waals surface area contributed by atoms with E-state index in [0.717, 1.165) is 31.4 Å². The van der Waals surface area contributed by atoms with E-state index in [-0.39, 0.29) is 12.1 Å². The number of methoxy groups -OCH3 is 1. The van der Waals surface area contributed by atoms with E-state index in [2.05, 4.69) is 5.32 Å². The molecule has 6 heteroatoms. The number of rotatable bonds is 7. The zero-order chi connectivity index (χ0) is 16.5. The van der Waals surface area contributed by atoms with Crippen LogP contribution in [0.25, 0.3) is 0 Å². The fraction of sp³-hybridized carbons (Fsp3) is 0.588. The Morgan fingerprint density at radius 1 is 1.35 bits per heavy atom. The first-order valence-corrected chi connectivity index (χ1v) is 8.47. The zero-order valence-corrected chi connectivity index (χ0v) is 14.3. The van der Waals surface area contributed by atoms with Gasteiger partial charge in [0.2, 0.25) is 0 Å². The second-order valence-electron chi connectivity index (χ2n) is 5.64. The van der Waals surface area contributed by atoms with Crippen molar-refractivity contribution in [3.05, 3.63) is 34.9 Å². The van der Waals surface area contributed by atoms with Gasteiger partial charge in [0.25, 0.3) is 0 Å². The fourth-order valence-electron chi connectivity index (χ4n) is 2.57. The lowest BCUT2D eigenvalue weighted by Gasteiger charge is -2.33. The minimum Gasteiger partial charge on any atom is -0.385 e. The number of benzene rings is 1. The van der Waals surface area contributed by atoms with E-state index in [1.54, 1.807) is 7.11 Å². The molecule has 2 rings (SSSR count). The number of urea groups is 1. The molecule has 1 unspecified atom stereocenters. The number of amides is 2. The summed E-state index contributed by atoms with van der Waals surface area (Å²) < 4.78 is 10.8. The largest absolute Gasteiger partial charge is 0.385 e. The van der Waals surface area contributed by atoms with Crippen LogP contribution in [0.15, 0.2) is 24.3 Å². The van der Waals surface area contributed by atoms with Gasteiger partial charge in [0.1, 0.15) is 6.10 Å². The second kappa shape index (κ2) is 9.75. The normalized spacial score (nSPS) is 18.0. The number of carbonyl (C=O) groups is 1. The molecule has 0 bridgehead atoms. The minimum atomic E-state index is -0.0894. The molecule has 1 saturated heterocycles.